The molecule has 0 unspecified atom stereocenters. The van der Waals surface area contributed by atoms with Gasteiger partial charge in [0.2, 0.25) is 0 Å². The number of rotatable bonds is 0. The van der Waals surface area contributed by atoms with E-state index in [9.17, 15) is 14.6 Å². The topological polar surface area (TPSA) is 61.7 Å². The van der Waals surface area contributed by atoms with Crippen LogP contribution in [0.3, 0.4) is 0 Å². The molecule has 2 aliphatic rings. The van der Waals surface area contributed by atoms with Gasteiger partial charge in [0.15, 0.2) is 11.5 Å². The SMILES string of the molecule is Cl.Oc1cc2c(cc1O)[C@H]1c3cc(F)ccc3CN[C@@H]1CO2. The molecule has 3 N–H and O–H groups in total. The van der Waals surface area contributed by atoms with Crippen molar-refractivity contribution in [1.29, 1.82) is 0 Å². The first kappa shape index (κ1) is 14.9. The quantitative estimate of drug-likeness (QED) is 0.652. The van der Waals surface area contributed by atoms with E-state index in [4.69, 9.17) is 4.74 Å². The monoisotopic (exact) mass is 323 g/mol. The normalized spacial score (nSPS) is 21.7. The van der Waals surface area contributed by atoms with E-state index in [0.29, 0.717) is 18.9 Å². The zero-order valence-corrected chi connectivity index (χ0v) is 12.4. The van der Waals surface area contributed by atoms with E-state index < -0.39 is 0 Å². The number of fused-ring (bicyclic) bond motifs is 5. The van der Waals surface area contributed by atoms with Crippen LogP contribution in [0.1, 0.15) is 22.6 Å². The van der Waals surface area contributed by atoms with Crippen molar-refractivity contribution < 1.29 is 19.3 Å². The van der Waals surface area contributed by atoms with Gasteiger partial charge < -0.3 is 20.3 Å². The highest BCUT2D eigenvalue weighted by molar-refractivity contribution is 5.85. The summed E-state index contributed by atoms with van der Waals surface area (Å²) in [6.07, 6.45) is 0. The molecule has 2 aromatic carbocycles. The average Bonchev–Trinajstić information content (AvgIpc) is 2.48. The predicted octanol–water partition coefficient (Wildman–Crippen LogP) is 2.65. The molecule has 2 aromatic rings. The van der Waals surface area contributed by atoms with Crippen LogP contribution < -0.4 is 10.1 Å². The molecule has 2 aliphatic heterocycles. The van der Waals surface area contributed by atoms with Crippen LogP contribution in [0.15, 0.2) is 30.3 Å². The summed E-state index contributed by atoms with van der Waals surface area (Å²) in [4.78, 5) is 0. The van der Waals surface area contributed by atoms with Gasteiger partial charge in [-0.25, -0.2) is 4.39 Å². The molecular weight excluding hydrogens is 309 g/mol. The Balaban J connectivity index is 0.00000144. The lowest BCUT2D eigenvalue weighted by Gasteiger charge is -2.39. The van der Waals surface area contributed by atoms with E-state index in [1.165, 1.54) is 18.2 Å². The number of halogens is 2. The summed E-state index contributed by atoms with van der Waals surface area (Å²) in [5.41, 5.74) is 2.71. The van der Waals surface area contributed by atoms with Crippen molar-refractivity contribution >= 4 is 12.4 Å². The Bertz CT molecular complexity index is 738. The van der Waals surface area contributed by atoms with E-state index >= 15 is 0 Å². The Morgan fingerprint density at radius 2 is 1.86 bits per heavy atom. The molecular formula is C16H15ClFNO3. The summed E-state index contributed by atoms with van der Waals surface area (Å²) < 4.78 is 19.3. The second-order valence-corrected chi connectivity index (χ2v) is 5.50. The lowest BCUT2D eigenvalue weighted by molar-refractivity contribution is 0.214. The molecule has 2 atom stereocenters. The molecule has 6 heteroatoms. The van der Waals surface area contributed by atoms with E-state index in [0.717, 1.165) is 16.7 Å². The van der Waals surface area contributed by atoms with E-state index in [-0.39, 0.29) is 41.7 Å². The van der Waals surface area contributed by atoms with Gasteiger partial charge in [-0.05, 0) is 29.3 Å². The van der Waals surface area contributed by atoms with E-state index in [1.54, 1.807) is 12.1 Å². The lowest BCUT2D eigenvalue weighted by atomic mass is 9.78. The van der Waals surface area contributed by atoms with Gasteiger partial charge in [0.25, 0.3) is 0 Å². The third kappa shape index (κ3) is 2.17. The Labute approximate surface area is 133 Å². The minimum atomic E-state index is -0.273. The third-order valence-corrected chi connectivity index (χ3v) is 4.26. The number of phenols is 2. The summed E-state index contributed by atoms with van der Waals surface area (Å²) in [5, 5.41) is 22.8. The summed E-state index contributed by atoms with van der Waals surface area (Å²) >= 11 is 0. The molecule has 0 bridgehead atoms. The zero-order chi connectivity index (χ0) is 14.6. The Morgan fingerprint density at radius 1 is 1.09 bits per heavy atom. The largest absolute Gasteiger partial charge is 0.504 e. The fourth-order valence-corrected chi connectivity index (χ4v) is 3.25. The van der Waals surface area contributed by atoms with Crippen LogP contribution in [0.5, 0.6) is 17.2 Å². The smallest absolute Gasteiger partial charge is 0.161 e. The van der Waals surface area contributed by atoms with Gasteiger partial charge in [-0.3, -0.25) is 0 Å². The Morgan fingerprint density at radius 3 is 2.68 bits per heavy atom. The maximum absolute atomic E-state index is 13.6. The van der Waals surface area contributed by atoms with Crippen LogP contribution in [0.2, 0.25) is 0 Å². The highest BCUT2D eigenvalue weighted by Gasteiger charge is 2.37. The van der Waals surface area contributed by atoms with Gasteiger partial charge >= 0.3 is 0 Å². The first-order valence-corrected chi connectivity index (χ1v) is 6.84. The molecule has 22 heavy (non-hydrogen) atoms. The fraction of sp³-hybridized carbons (Fsp3) is 0.250. The van der Waals surface area contributed by atoms with Crippen molar-refractivity contribution in [2.75, 3.05) is 6.61 Å². The lowest BCUT2D eigenvalue weighted by Crippen LogP contribution is -2.46. The van der Waals surface area contributed by atoms with E-state index in [2.05, 4.69) is 5.32 Å². The van der Waals surface area contributed by atoms with Crippen molar-refractivity contribution in [1.82, 2.24) is 5.32 Å². The molecule has 0 radical (unpaired) electrons. The number of phenolic OH excluding ortho intramolecular Hbond substituents is 2. The summed E-state index contributed by atoms with van der Waals surface area (Å²) in [6, 6.07) is 7.72. The highest BCUT2D eigenvalue weighted by Crippen LogP contribution is 2.45. The van der Waals surface area contributed by atoms with Crippen LogP contribution in [0.25, 0.3) is 0 Å². The second kappa shape index (κ2) is 5.34. The molecule has 116 valence electrons. The average molecular weight is 324 g/mol. The molecule has 4 rings (SSSR count). The van der Waals surface area contributed by atoms with Crippen LogP contribution >= 0.6 is 12.4 Å². The number of nitrogens with one attached hydrogen (secondary N) is 1. The fourth-order valence-electron chi connectivity index (χ4n) is 3.25. The van der Waals surface area contributed by atoms with Crippen LogP contribution in [-0.2, 0) is 6.54 Å². The minimum Gasteiger partial charge on any atom is -0.504 e. The summed E-state index contributed by atoms with van der Waals surface area (Å²) in [7, 11) is 0. The van der Waals surface area contributed by atoms with Gasteiger partial charge in [0.05, 0.1) is 6.04 Å². The van der Waals surface area contributed by atoms with Gasteiger partial charge in [-0.2, -0.15) is 0 Å². The van der Waals surface area contributed by atoms with Crippen molar-refractivity contribution in [3.63, 3.8) is 0 Å². The molecule has 0 amide bonds. The van der Waals surface area contributed by atoms with Gasteiger partial charge in [0.1, 0.15) is 18.2 Å². The van der Waals surface area contributed by atoms with Gasteiger partial charge in [-0.1, -0.05) is 6.07 Å². The predicted molar refractivity (Wildman–Crippen MR) is 81.4 cm³/mol. The van der Waals surface area contributed by atoms with E-state index in [1.807, 2.05) is 0 Å². The number of hydrogen-bond acceptors (Lipinski definition) is 4. The zero-order valence-electron chi connectivity index (χ0n) is 11.5. The molecule has 2 heterocycles. The minimum absolute atomic E-state index is 0. The molecule has 4 nitrogen and oxygen atoms in total. The van der Waals surface area contributed by atoms with Gasteiger partial charge in [-0.15, -0.1) is 12.4 Å². The number of benzene rings is 2. The molecule has 0 aliphatic carbocycles. The van der Waals surface area contributed by atoms with Crippen LogP contribution in [0, 0.1) is 5.82 Å². The van der Waals surface area contributed by atoms with Crippen molar-refractivity contribution in [2.24, 2.45) is 0 Å². The molecule has 0 spiro atoms. The standard InChI is InChI=1S/C16H14FNO3.ClH/c17-9-2-1-8-6-18-12-7-21-15-5-14(20)13(19)4-11(15)16(12)10(8)3-9;/h1-5,12,16,18-20H,6-7H2;1H/t12-,16-;/m1./s1. The van der Waals surface area contributed by atoms with Crippen molar-refractivity contribution in [3.05, 3.63) is 52.8 Å². The van der Waals surface area contributed by atoms with Crippen LogP contribution in [0.4, 0.5) is 4.39 Å². The van der Waals surface area contributed by atoms with Crippen molar-refractivity contribution in [2.45, 2.75) is 18.5 Å². The van der Waals surface area contributed by atoms with Crippen molar-refractivity contribution in [3.8, 4) is 17.2 Å². The molecule has 0 saturated heterocycles. The highest BCUT2D eigenvalue weighted by atomic mass is 35.5. The molecule has 0 aromatic heterocycles. The van der Waals surface area contributed by atoms with Crippen LogP contribution in [-0.4, -0.2) is 22.9 Å². The Hall–Kier alpha value is -1.98. The molecule has 0 fully saturated rings. The number of aromatic hydroxyl groups is 2. The number of ether oxygens (including phenoxy) is 1. The second-order valence-electron chi connectivity index (χ2n) is 5.50. The summed E-state index contributed by atoms with van der Waals surface area (Å²) in [5.74, 6) is -0.243. The maximum Gasteiger partial charge on any atom is 0.161 e. The number of hydrogen-bond donors (Lipinski definition) is 3. The Kier molecular flexibility index (Phi) is 3.62. The maximum atomic E-state index is 13.6. The third-order valence-electron chi connectivity index (χ3n) is 4.26. The summed E-state index contributed by atoms with van der Waals surface area (Å²) in [6.45, 7) is 1.11. The first-order valence-electron chi connectivity index (χ1n) is 6.84. The first-order chi connectivity index (χ1) is 10.1. The van der Waals surface area contributed by atoms with Gasteiger partial charge in [0, 0.05) is 24.1 Å². The molecule has 0 saturated carbocycles.